The van der Waals surface area contributed by atoms with E-state index < -0.39 is 6.10 Å². The first-order valence-electron chi connectivity index (χ1n) is 10.4. The van der Waals surface area contributed by atoms with Crippen LogP contribution in [0.2, 0.25) is 0 Å². The Bertz CT molecular complexity index is 1260. The number of nitrogens with zero attached hydrogens (tertiary/aromatic N) is 4. The van der Waals surface area contributed by atoms with Crippen molar-refractivity contribution in [3.63, 3.8) is 0 Å². The average molecular weight is 419 g/mol. The van der Waals surface area contributed by atoms with Gasteiger partial charge in [-0.1, -0.05) is 24.3 Å². The standard InChI is InChI=1S/C23H25N5O3/c1-13(31-3)15-4-6-16(7-5-15)21-20-11-25-22-18(8-9-24-22)28(20)23(26-21)19-10-17(30)12-27(19)14(2)29/h4-9,11,13,17,19,24,30H,10,12H2,1-3H3/t13-,17-,19-/m1/s1. The monoisotopic (exact) mass is 419 g/mol. The molecular weight excluding hydrogens is 394 g/mol. The fraction of sp³-hybridized carbons (Fsp3) is 0.348. The van der Waals surface area contributed by atoms with Gasteiger partial charge in [0.25, 0.3) is 0 Å². The van der Waals surface area contributed by atoms with E-state index >= 15 is 0 Å². The molecule has 2 N–H and O–H groups in total. The number of fused-ring (bicyclic) bond motifs is 3. The molecule has 3 aromatic heterocycles. The smallest absolute Gasteiger partial charge is 0.220 e. The predicted octanol–water partition coefficient (Wildman–Crippen LogP) is 3.24. The number of aromatic amines is 1. The van der Waals surface area contributed by atoms with E-state index in [0.717, 1.165) is 39.3 Å². The molecule has 5 rings (SSSR count). The Morgan fingerprint density at radius 1 is 1.26 bits per heavy atom. The third-order valence-electron chi connectivity index (χ3n) is 6.19. The summed E-state index contributed by atoms with van der Waals surface area (Å²) in [4.78, 5) is 26.7. The van der Waals surface area contributed by atoms with Gasteiger partial charge >= 0.3 is 0 Å². The molecule has 0 aliphatic carbocycles. The van der Waals surface area contributed by atoms with Gasteiger partial charge in [-0.15, -0.1) is 0 Å². The van der Waals surface area contributed by atoms with E-state index in [4.69, 9.17) is 9.72 Å². The Labute approximate surface area is 179 Å². The molecule has 1 aliphatic rings. The van der Waals surface area contributed by atoms with Crippen LogP contribution in [0.3, 0.4) is 0 Å². The zero-order valence-corrected chi connectivity index (χ0v) is 17.7. The van der Waals surface area contributed by atoms with Gasteiger partial charge in [0, 0.05) is 38.8 Å². The summed E-state index contributed by atoms with van der Waals surface area (Å²) in [6.45, 7) is 3.85. The second-order valence-electron chi connectivity index (χ2n) is 8.09. The summed E-state index contributed by atoms with van der Waals surface area (Å²) >= 11 is 0. The Morgan fingerprint density at radius 2 is 2.03 bits per heavy atom. The van der Waals surface area contributed by atoms with Gasteiger partial charge in [0.1, 0.15) is 5.82 Å². The molecule has 1 amide bonds. The van der Waals surface area contributed by atoms with E-state index in [1.54, 1.807) is 18.2 Å². The summed E-state index contributed by atoms with van der Waals surface area (Å²) in [5, 5.41) is 10.3. The fourth-order valence-electron chi connectivity index (χ4n) is 4.48. The molecule has 8 heteroatoms. The third-order valence-corrected chi connectivity index (χ3v) is 6.19. The molecule has 8 nitrogen and oxygen atoms in total. The molecule has 0 spiro atoms. The van der Waals surface area contributed by atoms with Crippen LogP contribution >= 0.6 is 0 Å². The maximum absolute atomic E-state index is 12.3. The number of methoxy groups -OCH3 is 1. The summed E-state index contributed by atoms with van der Waals surface area (Å²) < 4.78 is 7.47. The summed E-state index contributed by atoms with van der Waals surface area (Å²) in [6, 6.07) is 9.80. The van der Waals surface area contributed by atoms with Gasteiger partial charge in [0.15, 0.2) is 5.65 Å². The Hall–Kier alpha value is -3.23. The number of hydrogen-bond acceptors (Lipinski definition) is 5. The minimum atomic E-state index is -0.567. The lowest BCUT2D eigenvalue weighted by Gasteiger charge is -2.22. The highest BCUT2D eigenvalue weighted by Gasteiger charge is 2.37. The highest BCUT2D eigenvalue weighted by atomic mass is 16.5. The van der Waals surface area contributed by atoms with Gasteiger partial charge in [0.05, 0.1) is 41.2 Å². The number of ether oxygens (including phenoxy) is 1. The fourth-order valence-corrected chi connectivity index (χ4v) is 4.48. The number of hydrogen-bond donors (Lipinski definition) is 2. The number of aliphatic hydroxyl groups excluding tert-OH is 1. The molecule has 31 heavy (non-hydrogen) atoms. The molecule has 1 aromatic carbocycles. The zero-order valence-electron chi connectivity index (χ0n) is 17.7. The summed E-state index contributed by atoms with van der Waals surface area (Å²) in [5.41, 5.74) is 5.34. The van der Waals surface area contributed by atoms with Gasteiger partial charge < -0.3 is 19.7 Å². The van der Waals surface area contributed by atoms with Gasteiger partial charge in [-0.25, -0.2) is 9.97 Å². The quantitative estimate of drug-likeness (QED) is 0.529. The number of nitrogens with one attached hydrogen (secondary N) is 1. The van der Waals surface area contributed by atoms with Crippen molar-refractivity contribution < 1.29 is 14.6 Å². The van der Waals surface area contributed by atoms with Crippen molar-refractivity contribution in [2.45, 2.75) is 38.5 Å². The lowest BCUT2D eigenvalue weighted by molar-refractivity contribution is -0.130. The second kappa shape index (κ2) is 7.47. The molecular formula is C23H25N5O3. The summed E-state index contributed by atoms with van der Waals surface area (Å²) in [7, 11) is 1.69. The van der Waals surface area contributed by atoms with Crippen molar-refractivity contribution in [1.82, 2.24) is 24.3 Å². The van der Waals surface area contributed by atoms with Crippen molar-refractivity contribution >= 4 is 22.6 Å². The van der Waals surface area contributed by atoms with E-state index in [1.165, 1.54) is 6.92 Å². The molecule has 4 heterocycles. The first-order valence-corrected chi connectivity index (χ1v) is 10.4. The van der Waals surface area contributed by atoms with Crippen LogP contribution in [0.25, 0.3) is 27.9 Å². The van der Waals surface area contributed by atoms with E-state index in [9.17, 15) is 9.90 Å². The number of carbonyl (C=O) groups is 1. The molecule has 1 fully saturated rings. The van der Waals surface area contributed by atoms with Crippen molar-refractivity contribution in [2.24, 2.45) is 0 Å². The van der Waals surface area contributed by atoms with Crippen LogP contribution in [0, 0.1) is 0 Å². The summed E-state index contributed by atoms with van der Waals surface area (Å²) in [6.07, 6.45) is 3.54. The number of aliphatic hydroxyl groups is 1. The first-order chi connectivity index (χ1) is 15.0. The lowest BCUT2D eigenvalue weighted by atomic mass is 10.1. The maximum Gasteiger partial charge on any atom is 0.220 e. The molecule has 160 valence electrons. The topological polar surface area (TPSA) is 95.8 Å². The number of aromatic nitrogens is 4. The largest absolute Gasteiger partial charge is 0.391 e. The lowest BCUT2D eigenvalue weighted by Crippen LogP contribution is -2.30. The predicted molar refractivity (Wildman–Crippen MR) is 116 cm³/mol. The van der Waals surface area contributed by atoms with Crippen LogP contribution in [0.15, 0.2) is 42.7 Å². The number of β-amino-alcohol motifs (C(OH)–C–C–N with tert-alkyl or cyclic N) is 1. The van der Waals surface area contributed by atoms with Crippen LogP contribution < -0.4 is 0 Å². The Morgan fingerprint density at radius 3 is 2.74 bits per heavy atom. The average Bonchev–Trinajstić information content (AvgIpc) is 3.48. The minimum Gasteiger partial charge on any atom is -0.391 e. The highest BCUT2D eigenvalue weighted by molar-refractivity contribution is 5.84. The maximum atomic E-state index is 12.3. The van der Waals surface area contributed by atoms with Gasteiger partial charge in [-0.2, -0.15) is 0 Å². The van der Waals surface area contributed by atoms with E-state index in [1.807, 2.05) is 43.5 Å². The number of carbonyl (C=O) groups excluding carboxylic acids is 1. The Balaban J connectivity index is 1.71. The SMILES string of the molecule is CO[C@H](C)c1ccc(-c2nc([C@H]3C[C@@H](O)CN3C(C)=O)n3c2cnc2[nH]ccc23)cc1. The first kappa shape index (κ1) is 19.7. The van der Waals surface area contributed by atoms with E-state index in [2.05, 4.69) is 14.4 Å². The van der Waals surface area contributed by atoms with Crippen molar-refractivity contribution in [2.75, 3.05) is 13.7 Å². The zero-order chi connectivity index (χ0) is 21.7. The molecule has 4 aromatic rings. The Kier molecular flexibility index (Phi) is 4.75. The van der Waals surface area contributed by atoms with Crippen molar-refractivity contribution in [3.05, 3.63) is 54.1 Å². The number of H-pyrrole nitrogens is 1. The molecule has 3 atom stereocenters. The van der Waals surface area contributed by atoms with Gasteiger partial charge in [-0.3, -0.25) is 9.20 Å². The molecule has 1 aliphatic heterocycles. The van der Waals surface area contributed by atoms with E-state index in [-0.39, 0.29) is 18.1 Å². The third kappa shape index (κ3) is 3.19. The molecule has 0 unspecified atom stereocenters. The van der Waals surface area contributed by atoms with Gasteiger partial charge in [-0.05, 0) is 18.6 Å². The van der Waals surface area contributed by atoms with Gasteiger partial charge in [0.2, 0.25) is 5.91 Å². The summed E-state index contributed by atoms with van der Waals surface area (Å²) in [5.74, 6) is 0.662. The molecule has 0 radical (unpaired) electrons. The van der Waals surface area contributed by atoms with Crippen LogP contribution in [-0.2, 0) is 9.53 Å². The molecule has 1 saturated heterocycles. The van der Waals surface area contributed by atoms with Crippen LogP contribution in [0.5, 0.6) is 0 Å². The number of amides is 1. The number of rotatable bonds is 4. The van der Waals surface area contributed by atoms with Crippen molar-refractivity contribution in [1.29, 1.82) is 0 Å². The minimum absolute atomic E-state index is 0.00796. The number of benzene rings is 1. The van der Waals surface area contributed by atoms with Crippen LogP contribution in [0.1, 0.15) is 43.8 Å². The second-order valence-corrected chi connectivity index (χ2v) is 8.09. The molecule has 0 saturated carbocycles. The van der Waals surface area contributed by atoms with Crippen molar-refractivity contribution in [3.8, 4) is 11.3 Å². The number of imidazole rings is 1. The van der Waals surface area contributed by atoms with E-state index in [0.29, 0.717) is 13.0 Å². The normalized spacial score (nSPS) is 20.1. The highest BCUT2D eigenvalue weighted by Crippen LogP contribution is 2.37. The van der Waals surface area contributed by atoms with Crippen LogP contribution in [0.4, 0.5) is 0 Å². The number of likely N-dealkylation sites (tertiary alicyclic amines) is 1. The molecule has 0 bridgehead atoms. The van der Waals surface area contributed by atoms with Crippen LogP contribution in [-0.4, -0.2) is 55.0 Å².